The van der Waals surface area contributed by atoms with Gasteiger partial charge >= 0.3 is 0 Å². The van der Waals surface area contributed by atoms with E-state index in [1.54, 1.807) is 0 Å². The van der Waals surface area contributed by atoms with Crippen molar-refractivity contribution in [2.24, 2.45) is 17.6 Å². The van der Waals surface area contributed by atoms with Crippen molar-refractivity contribution in [2.45, 2.75) is 26.7 Å². The third-order valence-electron chi connectivity index (χ3n) is 2.90. The van der Waals surface area contributed by atoms with Gasteiger partial charge in [0.2, 0.25) is 5.91 Å². The van der Waals surface area contributed by atoms with E-state index in [1.165, 1.54) is 0 Å². The molecule has 1 aromatic carbocycles. The van der Waals surface area contributed by atoms with Crippen molar-refractivity contribution >= 4 is 11.6 Å². The van der Waals surface area contributed by atoms with Gasteiger partial charge in [0.05, 0.1) is 0 Å². The number of para-hydroxylation sites is 1. The fourth-order valence-corrected chi connectivity index (χ4v) is 1.86. The number of rotatable bonds is 6. The first-order valence-corrected chi connectivity index (χ1v) is 6.21. The Labute approximate surface area is 103 Å². The minimum Gasteiger partial charge on any atom is -0.330 e. The van der Waals surface area contributed by atoms with Crippen LogP contribution >= 0.6 is 0 Å². The molecule has 17 heavy (non-hydrogen) atoms. The van der Waals surface area contributed by atoms with E-state index in [0.29, 0.717) is 12.5 Å². The van der Waals surface area contributed by atoms with E-state index in [0.717, 1.165) is 18.5 Å². The molecule has 0 aromatic heterocycles. The average molecular weight is 234 g/mol. The van der Waals surface area contributed by atoms with Gasteiger partial charge in [0.1, 0.15) is 0 Å². The summed E-state index contributed by atoms with van der Waals surface area (Å²) in [7, 11) is 0. The lowest BCUT2D eigenvalue weighted by atomic mass is 9.90. The summed E-state index contributed by atoms with van der Waals surface area (Å²) in [6, 6.07) is 9.57. The molecule has 0 bridgehead atoms. The molecule has 3 N–H and O–H groups in total. The molecular weight excluding hydrogens is 212 g/mol. The number of benzene rings is 1. The number of hydrogen-bond acceptors (Lipinski definition) is 2. The highest BCUT2D eigenvalue weighted by molar-refractivity contribution is 5.92. The number of carbonyl (C=O) groups is 1. The van der Waals surface area contributed by atoms with Gasteiger partial charge in [-0.3, -0.25) is 4.79 Å². The Morgan fingerprint density at radius 3 is 2.47 bits per heavy atom. The Morgan fingerprint density at radius 2 is 1.94 bits per heavy atom. The minimum absolute atomic E-state index is 0.0405. The first-order valence-electron chi connectivity index (χ1n) is 6.21. The van der Waals surface area contributed by atoms with E-state index < -0.39 is 0 Å². The molecule has 1 aromatic rings. The Kier molecular flexibility index (Phi) is 5.70. The summed E-state index contributed by atoms with van der Waals surface area (Å²) in [5.74, 6) is 0.476. The molecule has 3 nitrogen and oxygen atoms in total. The highest BCUT2D eigenvalue weighted by Crippen LogP contribution is 2.19. The van der Waals surface area contributed by atoms with E-state index in [4.69, 9.17) is 5.73 Å². The van der Waals surface area contributed by atoms with Gasteiger partial charge in [-0.25, -0.2) is 0 Å². The van der Waals surface area contributed by atoms with Gasteiger partial charge in [0.15, 0.2) is 0 Å². The SMILES string of the molecule is CC(C)C(CCCN)C(=O)Nc1ccccc1. The van der Waals surface area contributed by atoms with Crippen LogP contribution in [0.4, 0.5) is 5.69 Å². The molecule has 1 rings (SSSR count). The van der Waals surface area contributed by atoms with E-state index in [-0.39, 0.29) is 11.8 Å². The second-order valence-electron chi connectivity index (χ2n) is 4.64. The van der Waals surface area contributed by atoms with Gasteiger partial charge in [-0.05, 0) is 37.4 Å². The molecule has 0 aliphatic carbocycles. The average Bonchev–Trinajstić information content (AvgIpc) is 2.30. The molecule has 0 saturated carbocycles. The molecule has 0 heterocycles. The van der Waals surface area contributed by atoms with Crippen LogP contribution in [0.2, 0.25) is 0 Å². The first-order chi connectivity index (χ1) is 8.15. The molecule has 0 saturated heterocycles. The summed E-state index contributed by atoms with van der Waals surface area (Å²) in [5.41, 5.74) is 6.36. The summed E-state index contributed by atoms with van der Waals surface area (Å²) >= 11 is 0. The van der Waals surface area contributed by atoms with Crippen LogP contribution in [0, 0.1) is 11.8 Å². The van der Waals surface area contributed by atoms with Gasteiger partial charge in [-0.15, -0.1) is 0 Å². The predicted octanol–water partition coefficient (Wildman–Crippen LogP) is 2.64. The molecule has 0 spiro atoms. The largest absolute Gasteiger partial charge is 0.330 e. The van der Waals surface area contributed by atoms with Crippen molar-refractivity contribution < 1.29 is 4.79 Å². The molecule has 94 valence electrons. The highest BCUT2D eigenvalue weighted by atomic mass is 16.1. The van der Waals surface area contributed by atoms with Gasteiger partial charge in [-0.1, -0.05) is 32.0 Å². The summed E-state index contributed by atoms with van der Waals surface area (Å²) < 4.78 is 0. The smallest absolute Gasteiger partial charge is 0.227 e. The molecule has 3 heteroatoms. The maximum absolute atomic E-state index is 12.1. The van der Waals surface area contributed by atoms with Gasteiger partial charge in [-0.2, -0.15) is 0 Å². The Balaban J connectivity index is 2.59. The standard InChI is InChI=1S/C14H22N2O/c1-11(2)13(9-6-10-15)14(17)16-12-7-4-3-5-8-12/h3-5,7-8,11,13H,6,9-10,15H2,1-2H3,(H,16,17). The lowest BCUT2D eigenvalue weighted by Gasteiger charge is -2.19. The lowest BCUT2D eigenvalue weighted by molar-refractivity contribution is -0.121. The first kappa shape index (κ1) is 13.7. The number of anilines is 1. The van der Waals surface area contributed by atoms with E-state index in [1.807, 2.05) is 30.3 Å². The number of hydrogen-bond donors (Lipinski definition) is 2. The molecule has 0 aliphatic rings. The third-order valence-corrected chi connectivity index (χ3v) is 2.90. The highest BCUT2D eigenvalue weighted by Gasteiger charge is 2.21. The Hall–Kier alpha value is -1.35. The van der Waals surface area contributed by atoms with Crippen molar-refractivity contribution in [3.63, 3.8) is 0 Å². The van der Waals surface area contributed by atoms with Crippen LogP contribution in [0.3, 0.4) is 0 Å². The molecule has 0 fully saturated rings. The number of carbonyl (C=O) groups excluding carboxylic acids is 1. The van der Waals surface area contributed by atoms with Crippen molar-refractivity contribution in [2.75, 3.05) is 11.9 Å². The predicted molar refractivity (Wildman–Crippen MR) is 71.7 cm³/mol. The van der Waals surface area contributed by atoms with Crippen LogP contribution in [0.1, 0.15) is 26.7 Å². The maximum Gasteiger partial charge on any atom is 0.227 e. The third kappa shape index (κ3) is 4.57. The summed E-state index contributed by atoms with van der Waals surface area (Å²) in [6.07, 6.45) is 1.75. The van der Waals surface area contributed by atoms with E-state index in [9.17, 15) is 4.79 Å². The zero-order valence-electron chi connectivity index (χ0n) is 10.6. The van der Waals surface area contributed by atoms with E-state index >= 15 is 0 Å². The second-order valence-corrected chi connectivity index (χ2v) is 4.64. The van der Waals surface area contributed by atoms with Crippen molar-refractivity contribution in [1.82, 2.24) is 0 Å². The molecule has 1 atom stereocenters. The van der Waals surface area contributed by atoms with Crippen LogP contribution in [-0.2, 0) is 4.79 Å². The molecular formula is C14H22N2O. The van der Waals surface area contributed by atoms with E-state index in [2.05, 4.69) is 19.2 Å². The fraction of sp³-hybridized carbons (Fsp3) is 0.500. The second kappa shape index (κ2) is 7.07. The Morgan fingerprint density at radius 1 is 1.29 bits per heavy atom. The van der Waals surface area contributed by atoms with Crippen molar-refractivity contribution in [3.05, 3.63) is 30.3 Å². The molecule has 1 amide bonds. The summed E-state index contributed by atoms with van der Waals surface area (Å²) in [6.45, 7) is 4.79. The molecule has 0 aliphatic heterocycles. The number of nitrogens with two attached hydrogens (primary N) is 1. The number of amides is 1. The van der Waals surface area contributed by atoms with Crippen molar-refractivity contribution in [3.8, 4) is 0 Å². The topological polar surface area (TPSA) is 55.1 Å². The monoisotopic (exact) mass is 234 g/mol. The zero-order chi connectivity index (χ0) is 12.7. The van der Waals surface area contributed by atoms with Crippen LogP contribution in [0.15, 0.2) is 30.3 Å². The van der Waals surface area contributed by atoms with Crippen LogP contribution in [-0.4, -0.2) is 12.5 Å². The minimum atomic E-state index is 0.0405. The van der Waals surface area contributed by atoms with Gasteiger partial charge < -0.3 is 11.1 Å². The van der Waals surface area contributed by atoms with Crippen molar-refractivity contribution in [1.29, 1.82) is 0 Å². The Bertz CT molecular complexity index is 335. The van der Waals surface area contributed by atoms with Gasteiger partial charge in [0.25, 0.3) is 0 Å². The zero-order valence-corrected chi connectivity index (χ0v) is 10.6. The maximum atomic E-state index is 12.1. The quantitative estimate of drug-likeness (QED) is 0.795. The van der Waals surface area contributed by atoms with Gasteiger partial charge in [0, 0.05) is 11.6 Å². The molecule has 0 radical (unpaired) electrons. The number of nitrogens with one attached hydrogen (secondary N) is 1. The normalized spacial score (nSPS) is 12.5. The summed E-state index contributed by atoms with van der Waals surface area (Å²) in [5, 5.41) is 2.95. The van der Waals surface area contributed by atoms with Crippen LogP contribution in [0.5, 0.6) is 0 Å². The lowest BCUT2D eigenvalue weighted by Crippen LogP contribution is -2.27. The van der Waals surface area contributed by atoms with Crippen LogP contribution in [0.25, 0.3) is 0 Å². The fourth-order valence-electron chi connectivity index (χ4n) is 1.86. The van der Waals surface area contributed by atoms with Crippen LogP contribution < -0.4 is 11.1 Å². The summed E-state index contributed by atoms with van der Waals surface area (Å²) in [4.78, 5) is 12.1. The molecule has 1 unspecified atom stereocenters.